The Bertz CT molecular complexity index is 441. The molecule has 1 N–H and O–H groups in total. The number of hydrogen-bond acceptors (Lipinski definition) is 2. The van der Waals surface area contributed by atoms with Crippen LogP contribution in [0.1, 0.15) is 27.7 Å². The molecule has 0 aliphatic heterocycles. The summed E-state index contributed by atoms with van der Waals surface area (Å²) in [6, 6.07) is 4.88. The number of benzene rings is 1. The highest BCUT2D eigenvalue weighted by molar-refractivity contribution is 6.34. The summed E-state index contributed by atoms with van der Waals surface area (Å²) in [5, 5.41) is 3.77. The lowest BCUT2D eigenvalue weighted by atomic mass is 10.1. The van der Waals surface area contributed by atoms with Gasteiger partial charge in [-0.3, -0.25) is 4.79 Å². The second-order valence-electron chi connectivity index (χ2n) is 5.07. The third-order valence-electron chi connectivity index (χ3n) is 2.06. The largest absolute Gasteiger partial charge is 0.479 e. The van der Waals surface area contributed by atoms with Crippen LogP contribution in [0.3, 0.4) is 0 Å². The summed E-state index contributed by atoms with van der Waals surface area (Å²) in [5.41, 5.74) is -0.299. The third-order valence-corrected chi connectivity index (χ3v) is 2.61. The summed E-state index contributed by atoms with van der Waals surface area (Å²) < 4.78 is 5.51. The Kier molecular flexibility index (Phi) is 4.88. The Morgan fingerprint density at radius 3 is 2.50 bits per heavy atom. The highest BCUT2D eigenvalue weighted by Crippen LogP contribution is 2.28. The summed E-state index contributed by atoms with van der Waals surface area (Å²) in [7, 11) is 0. The smallest absolute Gasteiger partial charge is 0.261 e. The Morgan fingerprint density at radius 1 is 1.33 bits per heavy atom. The Morgan fingerprint density at radius 2 is 1.94 bits per heavy atom. The molecule has 1 atom stereocenters. The van der Waals surface area contributed by atoms with Crippen molar-refractivity contribution in [3.05, 3.63) is 28.2 Å². The number of amides is 1. The van der Waals surface area contributed by atoms with Crippen molar-refractivity contribution >= 4 is 29.1 Å². The first-order valence-electron chi connectivity index (χ1n) is 5.63. The van der Waals surface area contributed by atoms with Gasteiger partial charge in [0.2, 0.25) is 0 Å². The Hall–Kier alpha value is -0.930. The molecule has 18 heavy (non-hydrogen) atoms. The van der Waals surface area contributed by atoms with Gasteiger partial charge in [-0.1, -0.05) is 23.2 Å². The van der Waals surface area contributed by atoms with E-state index in [1.807, 2.05) is 20.8 Å². The number of halogens is 2. The van der Waals surface area contributed by atoms with Gasteiger partial charge in [0, 0.05) is 16.6 Å². The molecule has 1 amide bonds. The second kappa shape index (κ2) is 5.81. The summed E-state index contributed by atoms with van der Waals surface area (Å²) in [6.07, 6.45) is -0.639. The van der Waals surface area contributed by atoms with Gasteiger partial charge >= 0.3 is 0 Å². The van der Waals surface area contributed by atoms with Crippen LogP contribution in [-0.2, 0) is 4.79 Å². The first-order valence-corrected chi connectivity index (χ1v) is 6.38. The minimum Gasteiger partial charge on any atom is -0.479 e. The average Bonchev–Trinajstić information content (AvgIpc) is 2.21. The van der Waals surface area contributed by atoms with Gasteiger partial charge in [-0.05, 0) is 39.8 Å². The molecule has 3 nitrogen and oxygen atoms in total. The molecule has 0 aliphatic carbocycles. The lowest BCUT2D eigenvalue weighted by molar-refractivity contribution is -0.128. The molecule has 1 unspecified atom stereocenters. The predicted octanol–water partition coefficient (Wildman–Crippen LogP) is 3.68. The van der Waals surface area contributed by atoms with Gasteiger partial charge in [-0.15, -0.1) is 0 Å². The van der Waals surface area contributed by atoms with Gasteiger partial charge in [0.05, 0.1) is 5.02 Å². The van der Waals surface area contributed by atoms with E-state index in [1.54, 1.807) is 25.1 Å². The van der Waals surface area contributed by atoms with Crippen molar-refractivity contribution in [2.75, 3.05) is 0 Å². The van der Waals surface area contributed by atoms with E-state index in [0.29, 0.717) is 15.8 Å². The topological polar surface area (TPSA) is 38.3 Å². The Labute approximate surface area is 117 Å². The summed E-state index contributed by atoms with van der Waals surface area (Å²) >= 11 is 11.8. The van der Waals surface area contributed by atoms with E-state index in [2.05, 4.69) is 5.32 Å². The first-order chi connectivity index (χ1) is 8.19. The van der Waals surface area contributed by atoms with Crippen molar-refractivity contribution in [3.63, 3.8) is 0 Å². The fraction of sp³-hybridized carbons (Fsp3) is 0.462. The van der Waals surface area contributed by atoms with Crippen LogP contribution < -0.4 is 10.1 Å². The molecule has 0 radical (unpaired) electrons. The molecule has 1 aromatic rings. The highest BCUT2D eigenvalue weighted by Gasteiger charge is 2.21. The highest BCUT2D eigenvalue weighted by atomic mass is 35.5. The maximum absolute atomic E-state index is 11.8. The van der Waals surface area contributed by atoms with E-state index in [0.717, 1.165) is 0 Å². The van der Waals surface area contributed by atoms with E-state index < -0.39 is 6.10 Å². The van der Waals surface area contributed by atoms with E-state index in [9.17, 15) is 4.79 Å². The van der Waals surface area contributed by atoms with Crippen molar-refractivity contribution in [2.24, 2.45) is 0 Å². The molecule has 100 valence electrons. The normalized spacial score (nSPS) is 13.0. The maximum atomic E-state index is 11.8. The van der Waals surface area contributed by atoms with Crippen LogP contribution in [0.4, 0.5) is 0 Å². The van der Waals surface area contributed by atoms with Crippen LogP contribution in [0.25, 0.3) is 0 Å². The number of carbonyl (C=O) groups is 1. The average molecular weight is 290 g/mol. The number of rotatable bonds is 3. The van der Waals surface area contributed by atoms with Crippen molar-refractivity contribution in [1.29, 1.82) is 0 Å². The summed E-state index contributed by atoms with van der Waals surface area (Å²) in [5.74, 6) is 0.208. The van der Waals surface area contributed by atoms with Gasteiger partial charge in [0.25, 0.3) is 5.91 Å². The SMILES string of the molecule is CC(Oc1cc(Cl)ccc1Cl)C(=O)NC(C)(C)C. The molecule has 0 heterocycles. The second-order valence-corrected chi connectivity index (χ2v) is 5.92. The molecule has 1 aromatic carbocycles. The lowest BCUT2D eigenvalue weighted by Crippen LogP contribution is -2.46. The van der Waals surface area contributed by atoms with Crippen LogP contribution in [0.2, 0.25) is 10.0 Å². The summed E-state index contributed by atoms with van der Waals surface area (Å²) in [6.45, 7) is 7.39. The molecule has 0 aromatic heterocycles. The van der Waals surface area contributed by atoms with Gasteiger partial charge in [-0.25, -0.2) is 0 Å². The standard InChI is InChI=1S/C13H17Cl2NO2/c1-8(12(17)16-13(2,3)4)18-11-7-9(14)5-6-10(11)15/h5-8H,1-4H3,(H,16,17). The molecular formula is C13H17Cl2NO2. The van der Waals surface area contributed by atoms with Crippen LogP contribution in [0.15, 0.2) is 18.2 Å². The molecule has 0 spiro atoms. The van der Waals surface area contributed by atoms with E-state index in [1.165, 1.54) is 0 Å². The third kappa shape index (κ3) is 4.75. The molecular weight excluding hydrogens is 273 g/mol. The monoisotopic (exact) mass is 289 g/mol. The molecule has 0 bridgehead atoms. The van der Waals surface area contributed by atoms with Gasteiger partial charge in [-0.2, -0.15) is 0 Å². The van der Waals surface area contributed by atoms with Crippen LogP contribution in [0.5, 0.6) is 5.75 Å². The molecule has 0 saturated carbocycles. The summed E-state index contributed by atoms with van der Waals surface area (Å²) in [4.78, 5) is 11.8. The number of nitrogens with one attached hydrogen (secondary N) is 1. The van der Waals surface area contributed by atoms with Crippen molar-refractivity contribution in [1.82, 2.24) is 5.32 Å². The fourth-order valence-electron chi connectivity index (χ4n) is 1.28. The molecule has 5 heteroatoms. The van der Waals surface area contributed by atoms with Crippen molar-refractivity contribution in [2.45, 2.75) is 39.3 Å². The lowest BCUT2D eigenvalue weighted by Gasteiger charge is -2.23. The molecule has 0 fully saturated rings. The molecule has 1 rings (SSSR count). The van der Waals surface area contributed by atoms with Crippen LogP contribution >= 0.6 is 23.2 Å². The Balaban J connectivity index is 2.72. The van der Waals surface area contributed by atoms with Gasteiger partial charge in [0.1, 0.15) is 5.75 Å². The maximum Gasteiger partial charge on any atom is 0.261 e. The van der Waals surface area contributed by atoms with Crippen LogP contribution in [0, 0.1) is 0 Å². The van der Waals surface area contributed by atoms with E-state index in [-0.39, 0.29) is 11.4 Å². The zero-order valence-electron chi connectivity index (χ0n) is 10.9. The number of ether oxygens (including phenoxy) is 1. The van der Waals surface area contributed by atoms with Gasteiger partial charge in [0.15, 0.2) is 6.10 Å². The molecule has 0 aliphatic rings. The minimum atomic E-state index is -0.639. The zero-order chi connectivity index (χ0) is 13.9. The van der Waals surface area contributed by atoms with E-state index in [4.69, 9.17) is 27.9 Å². The van der Waals surface area contributed by atoms with E-state index >= 15 is 0 Å². The molecule has 0 saturated heterocycles. The number of hydrogen-bond donors (Lipinski definition) is 1. The quantitative estimate of drug-likeness (QED) is 0.922. The van der Waals surface area contributed by atoms with Crippen molar-refractivity contribution < 1.29 is 9.53 Å². The first kappa shape index (κ1) is 15.1. The van der Waals surface area contributed by atoms with Crippen LogP contribution in [-0.4, -0.2) is 17.6 Å². The number of carbonyl (C=O) groups excluding carboxylic acids is 1. The fourth-order valence-corrected chi connectivity index (χ4v) is 1.61. The predicted molar refractivity (Wildman–Crippen MR) is 74.4 cm³/mol. The minimum absolute atomic E-state index is 0.196. The van der Waals surface area contributed by atoms with Crippen molar-refractivity contribution in [3.8, 4) is 5.75 Å². The zero-order valence-corrected chi connectivity index (χ0v) is 12.4. The van der Waals surface area contributed by atoms with Gasteiger partial charge < -0.3 is 10.1 Å².